The van der Waals surface area contributed by atoms with Gasteiger partial charge in [-0.1, -0.05) is 12.1 Å². The second-order valence-corrected chi connectivity index (χ2v) is 6.28. The molecule has 140 valence electrons. The third-order valence-corrected chi connectivity index (χ3v) is 4.31. The Balaban J connectivity index is 1.68. The summed E-state index contributed by atoms with van der Waals surface area (Å²) in [6.07, 6.45) is -4.99. The molecule has 3 rings (SSSR count). The maximum Gasteiger partial charge on any atom is 0.573 e. The van der Waals surface area contributed by atoms with Crippen molar-refractivity contribution in [2.24, 2.45) is 0 Å². The lowest BCUT2D eigenvalue weighted by atomic mass is 10.2. The number of benzene rings is 2. The molecule has 0 atom stereocenters. The van der Waals surface area contributed by atoms with Crippen LogP contribution in [0, 0.1) is 5.82 Å². The first-order valence-electron chi connectivity index (χ1n) is 7.65. The van der Waals surface area contributed by atoms with Gasteiger partial charge in [-0.25, -0.2) is 9.37 Å². The molecule has 27 heavy (non-hydrogen) atoms. The maximum atomic E-state index is 13.0. The lowest BCUT2D eigenvalue weighted by Gasteiger charge is -2.13. The van der Waals surface area contributed by atoms with E-state index in [4.69, 9.17) is 0 Å². The highest BCUT2D eigenvalue weighted by Gasteiger charge is 2.32. The molecule has 0 aliphatic carbocycles. The number of thiazole rings is 1. The van der Waals surface area contributed by atoms with Crippen LogP contribution in [0.25, 0.3) is 10.6 Å². The zero-order chi connectivity index (χ0) is 19.4. The number of carbonyl (C=O) groups is 1. The molecule has 0 spiro atoms. The van der Waals surface area contributed by atoms with E-state index in [9.17, 15) is 22.4 Å². The highest BCUT2D eigenvalue weighted by molar-refractivity contribution is 7.13. The number of aromatic nitrogens is 1. The minimum Gasteiger partial charge on any atom is -0.404 e. The van der Waals surface area contributed by atoms with E-state index in [1.165, 1.54) is 41.7 Å². The van der Waals surface area contributed by atoms with Crippen LogP contribution in [0.4, 0.5) is 23.2 Å². The standard InChI is InChI=1S/C18H12F4N2O2S/c19-12-7-5-11(6-8-12)17-23-13(10-27-17)9-16(25)24-14-3-1-2-4-15(14)26-18(20,21)22/h1-8,10H,9H2,(H,24,25). The molecule has 1 amide bonds. The minimum absolute atomic E-state index is 0.0891. The molecule has 0 aliphatic rings. The van der Waals surface area contributed by atoms with Gasteiger partial charge in [-0.2, -0.15) is 0 Å². The van der Waals surface area contributed by atoms with Crippen LogP contribution in [0.15, 0.2) is 53.9 Å². The Morgan fingerprint density at radius 1 is 1.11 bits per heavy atom. The van der Waals surface area contributed by atoms with Gasteiger partial charge in [0.15, 0.2) is 5.75 Å². The fourth-order valence-electron chi connectivity index (χ4n) is 2.26. The number of hydrogen-bond acceptors (Lipinski definition) is 4. The third-order valence-electron chi connectivity index (χ3n) is 3.37. The summed E-state index contributed by atoms with van der Waals surface area (Å²) in [7, 11) is 0. The molecule has 4 nitrogen and oxygen atoms in total. The van der Waals surface area contributed by atoms with Crippen LogP contribution in [-0.4, -0.2) is 17.3 Å². The molecular formula is C18H12F4N2O2S. The summed E-state index contributed by atoms with van der Waals surface area (Å²) in [5.74, 6) is -1.40. The Morgan fingerprint density at radius 3 is 2.52 bits per heavy atom. The van der Waals surface area contributed by atoms with Crippen molar-refractivity contribution in [2.75, 3.05) is 5.32 Å². The summed E-state index contributed by atoms with van der Waals surface area (Å²) in [5.41, 5.74) is 1.07. The highest BCUT2D eigenvalue weighted by atomic mass is 32.1. The van der Waals surface area contributed by atoms with E-state index in [1.807, 2.05) is 0 Å². The molecule has 1 heterocycles. The van der Waals surface area contributed by atoms with Gasteiger partial charge in [0, 0.05) is 10.9 Å². The fraction of sp³-hybridized carbons (Fsp3) is 0.111. The lowest BCUT2D eigenvalue weighted by molar-refractivity contribution is -0.274. The smallest absolute Gasteiger partial charge is 0.404 e. The average Bonchev–Trinajstić information content (AvgIpc) is 3.04. The number of halogens is 4. The Morgan fingerprint density at radius 2 is 1.81 bits per heavy atom. The van der Waals surface area contributed by atoms with E-state index in [1.54, 1.807) is 17.5 Å². The van der Waals surface area contributed by atoms with Gasteiger partial charge in [0.1, 0.15) is 10.8 Å². The van der Waals surface area contributed by atoms with Gasteiger partial charge in [-0.15, -0.1) is 24.5 Å². The van der Waals surface area contributed by atoms with E-state index in [0.29, 0.717) is 16.3 Å². The molecule has 0 fully saturated rings. The summed E-state index contributed by atoms with van der Waals surface area (Å²) < 4.78 is 54.2. The summed E-state index contributed by atoms with van der Waals surface area (Å²) in [4.78, 5) is 16.5. The third kappa shape index (κ3) is 5.27. The predicted molar refractivity (Wildman–Crippen MR) is 93.0 cm³/mol. The number of alkyl halides is 3. The number of rotatable bonds is 5. The van der Waals surface area contributed by atoms with Gasteiger partial charge in [-0.05, 0) is 36.4 Å². The zero-order valence-corrected chi connectivity index (χ0v) is 14.4. The number of carbonyl (C=O) groups excluding carboxylic acids is 1. The molecular weight excluding hydrogens is 384 g/mol. The van der Waals surface area contributed by atoms with E-state index in [2.05, 4.69) is 15.0 Å². The number of para-hydroxylation sites is 2. The molecule has 0 radical (unpaired) electrons. The molecule has 0 unspecified atom stereocenters. The summed E-state index contributed by atoms with van der Waals surface area (Å²) >= 11 is 1.28. The van der Waals surface area contributed by atoms with E-state index in [0.717, 1.165) is 6.07 Å². The minimum atomic E-state index is -4.86. The zero-order valence-electron chi connectivity index (χ0n) is 13.6. The fourth-order valence-corrected chi connectivity index (χ4v) is 3.08. The molecule has 9 heteroatoms. The van der Waals surface area contributed by atoms with Crippen molar-refractivity contribution in [1.29, 1.82) is 0 Å². The number of anilines is 1. The molecule has 1 N–H and O–H groups in total. The first kappa shape index (κ1) is 18.8. The number of ether oxygens (including phenoxy) is 1. The predicted octanol–water partition coefficient (Wildman–Crippen LogP) is 5.03. The molecule has 1 aromatic heterocycles. The van der Waals surface area contributed by atoms with Crippen LogP contribution in [-0.2, 0) is 11.2 Å². The number of amides is 1. The normalized spacial score (nSPS) is 11.3. The van der Waals surface area contributed by atoms with Crippen molar-refractivity contribution >= 4 is 22.9 Å². The first-order valence-corrected chi connectivity index (χ1v) is 8.53. The summed E-state index contributed by atoms with van der Waals surface area (Å²) in [5, 5.41) is 4.66. The topological polar surface area (TPSA) is 51.2 Å². The Labute approximate surface area is 155 Å². The van der Waals surface area contributed by atoms with Gasteiger partial charge in [-0.3, -0.25) is 4.79 Å². The second kappa shape index (κ2) is 7.75. The molecule has 3 aromatic rings. The van der Waals surface area contributed by atoms with Crippen molar-refractivity contribution in [3.05, 3.63) is 65.4 Å². The van der Waals surface area contributed by atoms with Crippen LogP contribution >= 0.6 is 11.3 Å². The first-order chi connectivity index (χ1) is 12.8. The van der Waals surface area contributed by atoms with Gasteiger partial charge < -0.3 is 10.1 Å². The van der Waals surface area contributed by atoms with E-state index in [-0.39, 0.29) is 17.9 Å². The van der Waals surface area contributed by atoms with Gasteiger partial charge in [0.05, 0.1) is 17.8 Å². The van der Waals surface area contributed by atoms with Crippen molar-refractivity contribution in [1.82, 2.24) is 4.98 Å². The number of nitrogens with one attached hydrogen (secondary N) is 1. The highest BCUT2D eigenvalue weighted by Crippen LogP contribution is 2.30. The van der Waals surface area contributed by atoms with Crippen LogP contribution in [0.5, 0.6) is 5.75 Å². The summed E-state index contributed by atoms with van der Waals surface area (Å²) in [6, 6.07) is 11.0. The van der Waals surface area contributed by atoms with Crippen molar-refractivity contribution in [2.45, 2.75) is 12.8 Å². The molecule has 2 aromatic carbocycles. The average molecular weight is 396 g/mol. The molecule has 0 saturated carbocycles. The van der Waals surface area contributed by atoms with Crippen LogP contribution in [0.2, 0.25) is 0 Å². The van der Waals surface area contributed by atoms with Crippen molar-refractivity contribution in [3.63, 3.8) is 0 Å². The van der Waals surface area contributed by atoms with E-state index >= 15 is 0 Å². The van der Waals surface area contributed by atoms with Crippen molar-refractivity contribution < 1.29 is 27.1 Å². The molecule has 0 bridgehead atoms. The monoisotopic (exact) mass is 396 g/mol. The Bertz CT molecular complexity index is 939. The summed E-state index contributed by atoms with van der Waals surface area (Å²) in [6.45, 7) is 0. The molecule has 0 saturated heterocycles. The molecule has 0 aliphatic heterocycles. The van der Waals surface area contributed by atoms with E-state index < -0.39 is 18.0 Å². The second-order valence-electron chi connectivity index (χ2n) is 5.42. The Hall–Kier alpha value is -2.94. The largest absolute Gasteiger partial charge is 0.573 e. The SMILES string of the molecule is O=C(Cc1csc(-c2ccc(F)cc2)n1)Nc1ccccc1OC(F)(F)F. The van der Waals surface area contributed by atoms with Crippen LogP contribution in [0.1, 0.15) is 5.69 Å². The van der Waals surface area contributed by atoms with Gasteiger partial charge in [0.25, 0.3) is 0 Å². The maximum absolute atomic E-state index is 13.0. The number of hydrogen-bond donors (Lipinski definition) is 1. The van der Waals surface area contributed by atoms with Gasteiger partial charge in [0.2, 0.25) is 5.91 Å². The lowest BCUT2D eigenvalue weighted by Crippen LogP contribution is -2.20. The Kier molecular flexibility index (Phi) is 5.41. The quantitative estimate of drug-likeness (QED) is 0.616. The number of nitrogens with zero attached hydrogens (tertiary/aromatic N) is 1. The van der Waals surface area contributed by atoms with Crippen LogP contribution in [0.3, 0.4) is 0 Å². The van der Waals surface area contributed by atoms with Gasteiger partial charge >= 0.3 is 6.36 Å². The van der Waals surface area contributed by atoms with Crippen molar-refractivity contribution in [3.8, 4) is 16.3 Å². The van der Waals surface area contributed by atoms with Crippen LogP contribution < -0.4 is 10.1 Å².